The van der Waals surface area contributed by atoms with Crippen LogP contribution in [0.2, 0.25) is 19.6 Å². The van der Waals surface area contributed by atoms with Crippen LogP contribution in [0.5, 0.6) is 5.75 Å². The number of nitrogens with one attached hydrogen (secondary N) is 3. The number of ether oxygens (including phenoxy) is 1. The highest BCUT2D eigenvalue weighted by atomic mass is 28.3. The average molecular weight is 455 g/mol. The van der Waals surface area contributed by atoms with Crippen LogP contribution in [-0.2, 0) is 14.4 Å². The summed E-state index contributed by atoms with van der Waals surface area (Å²) in [6.45, 7) is 7.28. The molecule has 3 rings (SSSR count). The van der Waals surface area contributed by atoms with Gasteiger partial charge in [0.25, 0.3) is 5.91 Å². The number of carbonyl (C=O) groups excluding carboxylic acids is 3. The van der Waals surface area contributed by atoms with E-state index in [2.05, 4.69) is 35.6 Å². The standard InChI is InChI=1S/C23H30N4O4Si/c1-31-18-9-5-16(6-10-18)22(26-21(29)14-27-13-20(28)24-15-27)23(30)25-17-7-11-19(12-8-17)32(2,3)4/h5-12,22H,13-15H2,1-4H3,(H,24,28)(H,25,30)(H,26,29). The third-order valence-corrected chi connectivity index (χ3v) is 7.33. The Hall–Kier alpha value is -3.17. The van der Waals surface area contributed by atoms with Gasteiger partial charge in [0.15, 0.2) is 0 Å². The monoisotopic (exact) mass is 454 g/mol. The first-order chi connectivity index (χ1) is 15.2. The van der Waals surface area contributed by atoms with E-state index in [4.69, 9.17) is 4.74 Å². The maximum atomic E-state index is 13.1. The van der Waals surface area contributed by atoms with E-state index in [0.29, 0.717) is 23.7 Å². The summed E-state index contributed by atoms with van der Waals surface area (Å²) in [6, 6.07) is 14.0. The molecule has 2 aromatic rings. The maximum Gasteiger partial charge on any atom is 0.251 e. The third-order valence-electron chi connectivity index (χ3n) is 5.27. The van der Waals surface area contributed by atoms with Gasteiger partial charge in [0.05, 0.1) is 34.9 Å². The van der Waals surface area contributed by atoms with Gasteiger partial charge in [-0.05, 0) is 29.8 Å². The summed E-state index contributed by atoms with van der Waals surface area (Å²) in [5.74, 6) is -0.154. The van der Waals surface area contributed by atoms with Crippen molar-refractivity contribution in [2.45, 2.75) is 25.7 Å². The Bertz CT molecular complexity index is 971. The number of hydrogen-bond donors (Lipinski definition) is 3. The molecule has 170 valence electrons. The second-order valence-corrected chi connectivity index (χ2v) is 13.9. The summed E-state index contributed by atoms with van der Waals surface area (Å²) in [6.07, 6.45) is 0. The van der Waals surface area contributed by atoms with Crippen LogP contribution in [0.4, 0.5) is 5.69 Å². The van der Waals surface area contributed by atoms with E-state index in [1.165, 1.54) is 5.19 Å². The van der Waals surface area contributed by atoms with Crippen molar-refractivity contribution >= 4 is 36.7 Å². The summed E-state index contributed by atoms with van der Waals surface area (Å²) in [7, 11) is 0.126. The van der Waals surface area contributed by atoms with E-state index in [1.54, 1.807) is 36.3 Å². The normalized spacial score (nSPS) is 15.1. The molecule has 32 heavy (non-hydrogen) atoms. The summed E-state index contributed by atoms with van der Waals surface area (Å²) in [5.41, 5.74) is 1.30. The smallest absolute Gasteiger partial charge is 0.251 e. The number of benzene rings is 2. The van der Waals surface area contributed by atoms with Crippen molar-refractivity contribution in [3.05, 3.63) is 54.1 Å². The minimum absolute atomic E-state index is 0.0174. The predicted octanol–water partition coefficient (Wildman–Crippen LogP) is 1.43. The first-order valence-corrected chi connectivity index (χ1v) is 14.0. The van der Waals surface area contributed by atoms with Gasteiger partial charge in [0, 0.05) is 5.69 Å². The molecule has 1 heterocycles. The van der Waals surface area contributed by atoms with Crippen LogP contribution in [0.3, 0.4) is 0 Å². The van der Waals surface area contributed by atoms with Gasteiger partial charge in [-0.2, -0.15) is 0 Å². The number of carbonyl (C=O) groups is 3. The number of amides is 3. The molecule has 0 spiro atoms. The van der Waals surface area contributed by atoms with E-state index in [0.717, 1.165) is 0 Å². The topological polar surface area (TPSA) is 99.8 Å². The molecular weight excluding hydrogens is 424 g/mol. The van der Waals surface area contributed by atoms with E-state index in [9.17, 15) is 14.4 Å². The molecule has 8 nitrogen and oxygen atoms in total. The van der Waals surface area contributed by atoms with E-state index < -0.39 is 14.1 Å². The van der Waals surface area contributed by atoms with Crippen molar-refractivity contribution in [2.75, 3.05) is 32.2 Å². The number of methoxy groups -OCH3 is 1. The molecule has 1 unspecified atom stereocenters. The van der Waals surface area contributed by atoms with Crippen LogP contribution in [0.15, 0.2) is 48.5 Å². The quantitative estimate of drug-likeness (QED) is 0.524. The lowest BCUT2D eigenvalue weighted by Crippen LogP contribution is -2.42. The van der Waals surface area contributed by atoms with Crippen molar-refractivity contribution in [3.8, 4) is 5.75 Å². The van der Waals surface area contributed by atoms with Gasteiger partial charge in [-0.15, -0.1) is 0 Å². The number of rotatable bonds is 8. The summed E-state index contributed by atoms with van der Waals surface area (Å²) in [4.78, 5) is 38.8. The second-order valence-electron chi connectivity index (χ2n) is 8.84. The summed E-state index contributed by atoms with van der Waals surface area (Å²) in [5, 5.41) is 9.66. The molecule has 1 aliphatic rings. The molecule has 1 saturated heterocycles. The highest BCUT2D eigenvalue weighted by Gasteiger charge is 2.26. The molecule has 0 radical (unpaired) electrons. The third kappa shape index (κ3) is 6.18. The molecule has 3 amide bonds. The first kappa shape index (κ1) is 23.5. The molecule has 0 bridgehead atoms. The lowest BCUT2D eigenvalue weighted by atomic mass is 10.1. The van der Waals surface area contributed by atoms with Crippen molar-refractivity contribution in [1.29, 1.82) is 0 Å². The van der Waals surface area contributed by atoms with E-state index >= 15 is 0 Å². The fourth-order valence-corrected chi connectivity index (χ4v) is 4.57. The lowest BCUT2D eigenvalue weighted by Gasteiger charge is -2.21. The molecule has 9 heteroatoms. The van der Waals surface area contributed by atoms with Gasteiger partial charge in [0.2, 0.25) is 11.8 Å². The Morgan fingerprint density at radius 3 is 2.28 bits per heavy atom. The van der Waals surface area contributed by atoms with Crippen LogP contribution < -0.4 is 25.9 Å². The predicted molar refractivity (Wildman–Crippen MR) is 127 cm³/mol. The zero-order valence-corrected chi connectivity index (χ0v) is 19.9. The Balaban J connectivity index is 1.75. The highest BCUT2D eigenvalue weighted by molar-refractivity contribution is 6.88. The minimum atomic E-state index is -1.44. The fourth-order valence-electron chi connectivity index (χ4n) is 3.40. The van der Waals surface area contributed by atoms with Gasteiger partial charge in [-0.25, -0.2) is 0 Å². The Morgan fingerprint density at radius 1 is 1.09 bits per heavy atom. The Labute approximate surface area is 189 Å². The molecule has 1 atom stereocenters. The Kier molecular flexibility index (Phi) is 7.32. The largest absolute Gasteiger partial charge is 0.497 e. The minimum Gasteiger partial charge on any atom is -0.497 e. The van der Waals surface area contributed by atoms with E-state index in [-0.39, 0.29) is 30.8 Å². The van der Waals surface area contributed by atoms with Gasteiger partial charge in [0.1, 0.15) is 11.8 Å². The van der Waals surface area contributed by atoms with E-state index in [1.807, 2.05) is 24.3 Å². The first-order valence-electron chi connectivity index (χ1n) is 10.5. The van der Waals surface area contributed by atoms with Crippen molar-refractivity contribution in [2.24, 2.45) is 0 Å². The highest BCUT2D eigenvalue weighted by Crippen LogP contribution is 2.20. The van der Waals surface area contributed by atoms with Gasteiger partial charge in [-0.3, -0.25) is 19.3 Å². The van der Waals surface area contributed by atoms with Gasteiger partial charge < -0.3 is 20.7 Å². The average Bonchev–Trinajstić information content (AvgIpc) is 3.16. The molecule has 2 aromatic carbocycles. The molecule has 1 aliphatic heterocycles. The maximum absolute atomic E-state index is 13.1. The van der Waals surface area contributed by atoms with Crippen molar-refractivity contribution in [3.63, 3.8) is 0 Å². The van der Waals surface area contributed by atoms with Crippen molar-refractivity contribution in [1.82, 2.24) is 15.5 Å². The zero-order valence-electron chi connectivity index (χ0n) is 18.9. The van der Waals surface area contributed by atoms with Gasteiger partial charge >= 0.3 is 0 Å². The molecular formula is C23H30N4O4Si. The van der Waals surface area contributed by atoms with Crippen molar-refractivity contribution < 1.29 is 19.1 Å². The van der Waals surface area contributed by atoms with Crippen LogP contribution in [-0.4, -0.2) is 57.6 Å². The SMILES string of the molecule is COc1ccc(C(NC(=O)CN2CNC(=O)C2)C(=O)Nc2ccc([Si](C)(C)C)cc2)cc1. The molecule has 0 aliphatic carbocycles. The van der Waals surface area contributed by atoms with Crippen LogP contribution in [0.25, 0.3) is 0 Å². The molecule has 1 fully saturated rings. The second kappa shape index (κ2) is 9.97. The molecule has 0 saturated carbocycles. The number of hydrogen-bond acceptors (Lipinski definition) is 5. The Morgan fingerprint density at radius 2 is 1.75 bits per heavy atom. The van der Waals surface area contributed by atoms with Gasteiger partial charge in [-0.1, -0.05) is 49.1 Å². The fraction of sp³-hybridized carbons (Fsp3) is 0.348. The summed E-state index contributed by atoms with van der Waals surface area (Å²) < 4.78 is 5.19. The number of nitrogens with zero attached hydrogens (tertiary/aromatic N) is 1. The van der Waals surface area contributed by atoms with Crippen LogP contribution in [0, 0.1) is 0 Å². The zero-order chi connectivity index (χ0) is 23.3. The lowest BCUT2D eigenvalue weighted by molar-refractivity contribution is -0.127. The number of anilines is 1. The molecule has 3 N–H and O–H groups in total. The van der Waals surface area contributed by atoms with Crippen LogP contribution >= 0.6 is 0 Å². The molecule has 0 aromatic heterocycles. The van der Waals surface area contributed by atoms with Crippen LogP contribution in [0.1, 0.15) is 11.6 Å². The summed E-state index contributed by atoms with van der Waals surface area (Å²) >= 11 is 0.